The summed E-state index contributed by atoms with van der Waals surface area (Å²) in [5.74, 6) is -0.439. The number of hydrogen-bond acceptors (Lipinski definition) is 9. The molecule has 2 aliphatic heterocycles. The lowest BCUT2D eigenvalue weighted by Crippen LogP contribution is -2.55. The number of aryl methyl sites for hydroxylation is 1. The Balaban J connectivity index is 1.42. The van der Waals surface area contributed by atoms with Gasteiger partial charge in [-0.25, -0.2) is 8.78 Å². The van der Waals surface area contributed by atoms with Gasteiger partial charge in [0.25, 0.3) is 0 Å². The van der Waals surface area contributed by atoms with Gasteiger partial charge >= 0.3 is 6.01 Å². The number of ether oxygens (including phenoxy) is 1. The third kappa shape index (κ3) is 5.61. The summed E-state index contributed by atoms with van der Waals surface area (Å²) in [6, 6.07) is 1.56. The second kappa shape index (κ2) is 12.2. The van der Waals surface area contributed by atoms with E-state index in [0.29, 0.717) is 49.4 Å². The van der Waals surface area contributed by atoms with Gasteiger partial charge in [0.05, 0.1) is 23.9 Å². The van der Waals surface area contributed by atoms with E-state index in [4.69, 9.17) is 4.74 Å². The molecular formula is C31H34F2N8O2. The predicted molar refractivity (Wildman–Crippen MR) is 157 cm³/mol. The molecule has 1 amide bonds. The SMILES string of the molecule is C=CC(=O)N1CCN(c2nc(OC[C@@H]3C[C@@H](F)CN3C)nc3c(F)c(-c4cncc5c4CCCC5)ncc23)C[C@@H]1CC#N. The van der Waals surface area contributed by atoms with Crippen LogP contribution in [0.4, 0.5) is 14.6 Å². The Labute approximate surface area is 249 Å². The van der Waals surface area contributed by atoms with Crippen LogP contribution < -0.4 is 9.64 Å². The van der Waals surface area contributed by atoms with E-state index in [0.717, 1.165) is 36.8 Å². The Kier molecular flexibility index (Phi) is 8.17. The highest BCUT2D eigenvalue weighted by molar-refractivity contribution is 5.92. The molecule has 3 aromatic rings. The average molecular weight is 589 g/mol. The van der Waals surface area contributed by atoms with E-state index < -0.39 is 18.0 Å². The highest BCUT2D eigenvalue weighted by atomic mass is 19.1. The third-order valence-electron chi connectivity index (χ3n) is 8.78. The number of aromatic nitrogens is 4. The van der Waals surface area contributed by atoms with Crippen molar-refractivity contribution in [2.75, 3.05) is 44.7 Å². The van der Waals surface area contributed by atoms with Crippen molar-refractivity contribution in [3.63, 3.8) is 0 Å². The van der Waals surface area contributed by atoms with Crippen LogP contribution >= 0.6 is 0 Å². The Morgan fingerprint density at radius 1 is 1.19 bits per heavy atom. The summed E-state index contributed by atoms with van der Waals surface area (Å²) in [6.07, 6.45) is 9.65. The molecule has 2 saturated heterocycles. The molecule has 0 unspecified atom stereocenters. The van der Waals surface area contributed by atoms with Gasteiger partial charge in [-0.05, 0) is 56.4 Å². The van der Waals surface area contributed by atoms with Gasteiger partial charge in [-0.1, -0.05) is 6.58 Å². The van der Waals surface area contributed by atoms with Crippen molar-refractivity contribution in [2.24, 2.45) is 0 Å². The topological polar surface area (TPSA) is 111 Å². The lowest BCUT2D eigenvalue weighted by atomic mass is 9.89. The van der Waals surface area contributed by atoms with Crippen molar-refractivity contribution >= 4 is 22.6 Å². The van der Waals surface area contributed by atoms with E-state index in [1.807, 2.05) is 23.0 Å². The molecule has 0 aromatic carbocycles. The van der Waals surface area contributed by atoms with Crippen LogP contribution in [-0.4, -0.2) is 93.7 Å². The number of likely N-dealkylation sites (tertiary alicyclic amines) is 1. The molecule has 6 rings (SSSR count). The van der Waals surface area contributed by atoms with Gasteiger partial charge in [0.15, 0.2) is 5.82 Å². The summed E-state index contributed by atoms with van der Waals surface area (Å²) < 4.78 is 36.5. The van der Waals surface area contributed by atoms with Crippen molar-refractivity contribution in [3.05, 3.63) is 48.2 Å². The van der Waals surface area contributed by atoms with Crippen molar-refractivity contribution in [1.82, 2.24) is 29.7 Å². The number of fused-ring (bicyclic) bond motifs is 2. The van der Waals surface area contributed by atoms with Crippen molar-refractivity contribution in [2.45, 2.75) is 56.8 Å². The fraction of sp³-hybridized carbons (Fsp3) is 0.484. The second-order valence-corrected chi connectivity index (χ2v) is 11.5. The Hall–Kier alpha value is -4.24. The number of piperazine rings is 1. The van der Waals surface area contributed by atoms with Crippen LogP contribution in [0.5, 0.6) is 6.01 Å². The molecule has 43 heavy (non-hydrogen) atoms. The van der Waals surface area contributed by atoms with Crippen LogP contribution in [0, 0.1) is 17.1 Å². The monoisotopic (exact) mass is 588 g/mol. The molecule has 0 N–H and O–H groups in total. The minimum atomic E-state index is -0.935. The van der Waals surface area contributed by atoms with Gasteiger partial charge in [0, 0.05) is 56.4 Å². The molecule has 3 aromatic heterocycles. The quantitative estimate of drug-likeness (QED) is 0.382. The first-order valence-electron chi connectivity index (χ1n) is 14.7. The number of nitriles is 1. The number of amides is 1. The normalized spacial score (nSPS) is 22.3. The number of rotatable bonds is 7. The molecule has 2 fully saturated rings. The van der Waals surface area contributed by atoms with Crippen LogP contribution in [0.3, 0.4) is 0 Å². The molecule has 5 heterocycles. The van der Waals surface area contributed by atoms with Crippen molar-refractivity contribution in [3.8, 4) is 23.3 Å². The van der Waals surface area contributed by atoms with Gasteiger partial charge in [0.2, 0.25) is 5.91 Å². The third-order valence-corrected chi connectivity index (χ3v) is 8.78. The van der Waals surface area contributed by atoms with Crippen LogP contribution in [0.25, 0.3) is 22.2 Å². The first-order valence-corrected chi connectivity index (χ1v) is 14.7. The minimum Gasteiger partial charge on any atom is -0.462 e. The summed E-state index contributed by atoms with van der Waals surface area (Å²) in [6.45, 7) is 5.08. The summed E-state index contributed by atoms with van der Waals surface area (Å²) in [7, 11) is 1.84. The van der Waals surface area contributed by atoms with Crippen molar-refractivity contribution < 1.29 is 18.3 Å². The number of nitrogens with zero attached hydrogens (tertiary/aromatic N) is 8. The van der Waals surface area contributed by atoms with E-state index in [2.05, 4.69) is 32.6 Å². The maximum atomic E-state index is 16.5. The molecule has 3 aliphatic rings. The number of hydrogen-bond donors (Lipinski definition) is 0. The molecule has 10 nitrogen and oxygen atoms in total. The second-order valence-electron chi connectivity index (χ2n) is 11.5. The van der Waals surface area contributed by atoms with Gasteiger partial charge in [-0.3, -0.25) is 19.7 Å². The lowest BCUT2D eigenvalue weighted by Gasteiger charge is -2.41. The maximum Gasteiger partial charge on any atom is 0.319 e. The summed E-state index contributed by atoms with van der Waals surface area (Å²) >= 11 is 0. The van der Waals surface area contributed by atoms with E-state index in [1.54, 1.807) is 17.3 Å². The number of anilines is 1. The smallest absolute Gasteiger partial charge is 0.319 e. The van der Waals surface area contributed by atoms with E-state index >= 15 is 4.39 Å². The fourth-order valence-electron chi connectivity index (χ4n) is 6.49. The highest BCUT2D eigenvalue weighted by Crippen LogP contribution is 2.36. The molecule has 3 atom stereocenters. The number of halogens is 2. The fourth-order valence-corrected chi connectivity index (χ4v) is 6.49. The number of alkyl halides is 1. The Bertz CT molecular complexity index is 1590. The average Bonchev–Trinajstić information content (AvgIpc) is 3.35. The number of carbonyl (C=O) groups is 1. The molecular weight excluding hydrogens is 554 g/mol. The van der Waals surface area contributed by atoms with Gasteiger partial charge < -0.3 is 14.5 Å². The maximum absolute atomic E-state index is 16.5. The minimum absolute atomic E-state index is 0.0242. The summed E-state index contributed by atoms with van der Waals surface area (Å²) in [5, 5.41) is 9.86. The molecule has 1 aliphatic carbocycles. The predicted octanol–water partition coefficient (Wildman–Crippen LogP) is 3.64. The lowest BCUT2D eigenvalue weighted by molar-refractivity contribution is -0.128. The molecule has 0 saturated carbocycles. The zero-order chi connectivity index (χ0) is 30.1. The summed E-state index contributed by atoms with van der Waals surface area (Å²) in [5.41, 5.74) is 3.06. The first kappa shape index (κ1) is 28.9. The number of carbonyl (C=O) groups excluding carboxylic acids is 1. The largest absolute Gasteiger partial charge is 0.462 e. The number of pyridine rings is 2. The Morgan fingerprint density at radius 3 is 2.79 bits per heavy atom. The molecule has 12 heteroatoms. The van der Waals surface area contributed by atoms with Crippen LogP contribution in [0.2, 0.25) is 0 Å². The zero-order valence-electron chi connectivity index (χ0n) is 24.2. The first-order chi connectivity index (χ1) is 20.9. The Morgan fingerprint density at radius 2 is 2.02 bits per heavy atom. The summed E-state index contributed by atoms with van der Waals surface area (Å²) in [4.78, 5) is 36.0. The van der Waals surface area contributed by atoms with Crippen LogP contribution in [0.1, 0.15) is 36.8 Å². The highest BCUT2D eigenvalue weighted by Gasteiger charge is 2.33. The number of likely N-dealkylation sites (N-methyl/N-ethyl adjacent to an activating group) is 1. The molecule has 0 bridgehead atoms. The van der Waals surface area contributed by atoms with E-state index in [9.17, 15) is 14.4 Å². The molecule has 0 radical (unpaired) electrons. The van der Waals surface area contributed by atoms with Gasteiger partial charge in [0.1, 0.15) is 29.8 Å². The van der Waals surface area contributed by atoms with E-state index in [-0.39, 0.29) is 42.2 Å². The van der Waals surface area contributed by atoms with Crippen LogP contribution in [-0.2, 0) is 17.6 Å². The van der Waals surface area contributed by atoms with Crippen molar-refractivity contribution in [1.29, 1.82) is 5.26 Å². The molecule has 224 valence electrons. The van der Waals surface area contributed by atoms with Crippen LogP contribution in [0.15, 0.2) is 31.2 Å². The molecule has 0 spiro atoms. The van der Waals surface area contributed by atoms with Gasteiger partial charge in [-0.15, -0.1) is 0 Å². The van der Waals surface area contributed by atoms with E-state index in [1.165, 1.54) is 6.08 Å². The van der Waals surface area contributed by atoms with Gasteiger partial charge in [-0.2, -0.15) is 15.2 Å². The standard InChI is InChI=1S/C31H34F2N8O2/c1-3-26(42)41-11-10-40(17-21(41)8-9-34)30-25-15-36-28(24-14-35-13-19-6-4-5-7-23(19)24)27(33)29(25)37-31(38-30)43-18-22-12-20(32)16-39(22)2/h3,13-15,20-22H,1,4-8,10-12,16-18H2,2H3/t20-,21+,22+/m1/s1. The zero-order valence-corrected chi connectivity index (χ0v) is 24.2.